The summed E-state index contributed by atoms with van der Waals surface area (Å²) >= 11 is 6.36. The zero-order chi connectivity index (χ0) is 21.5. The molecule has 0 saturated heterocycles. The summed E-state index contributed by atoms with van der Waals surface area (Å²) < 4.78 is 1.84. The van der Waals surface area contributed by atoms with Gasteiger partial charge >= 0.3 is 0 Å². The van der Waals surface area contributed by atoms with Crippen molar-refractivity contribution in [3.05, 3.63) is 41.4 Å². The lowest BCUT2D eigenvalue weighted by Crippen LogP contribution is -2.29. The third kappa shape index (κ3) is 3.61. The Morgan fingerprint density at radius 3 is 2.87 bits per heavy atom. The summed E-state index contributed by atoms with van der Waals surface area (Å²) in [5, 5.41) is 9.09. The minimum atomic E-state index is 0.0247. The van der Waals surface area contributed by atoms with Gasteiger partial charge in [0, 0.05) is 24.8 Å². The van der Waals surface area contributed by atoms with Crippen LogP contribution in [0.5, 0.6) is 0 Å². The lowest BCUT2D eigenvalue weighted by Gasteiger charge is -2.27. The van der Waals surface area contributed by atoms with E-state index in [1.165, 1.54) is 6.33 Å². The number of imidazole rings is 1. The molecule has 1 aliphatic rings. The minimum absolute atomic E-state index is 0.0247. The summed E-state index contributed by atoms with van der Waals surface area (Å²) in [6.07, 6.45) is 5.54. The van der Waals surface area contributed by atoms with Gasteiger partial charge in [-0.15, -0.1) is 0 Å². The van der Waals surface area contributed by atoms with Crippen LogP contribution in [0.25, 0.3) is 27.8 Å². The van der Waals surface area contributed by atoms with E-state index in [1.807, 2.05) is 28.8 Å². The molecular formula is C22H24ClN7O. The zero-order valence-corrected chi connectivity index (χ0v) is 18.0. The number of nitrogens with zero attached hydrogens (tertiary/aromatic N) is 4. The van der Waals surface area contributed by atoms with Crippen LogP contribution >= 0.6 is 11.6 Å². The normalized spacial score (nSPS) is 19.2. The summed E-state index contributed by atoms with van der Waals surface area (Å²) in [5.41, 5.74) is 9.42. The zero-order valence-electron chi connectivity index (χ0n) is 17.2. The molecule has 160 valence electrons. The van der Waals surface area contributed by atoms with Gasteiger partial charge in [-0.05, 0) is 43.7 Å². The number of anilines is 1. The van der Waals surface area contributed by atoms with Crippen molar-refractivity contribution >= 4 is 39.7 Å². The van der Waals surface area contributed by atoms with Crippen LogP contribution in [-0.4, -0.2) is 37.0 Å². The fraction of sp³-hybridized carbons (Fsp3) is 0.364. The summed E-state index contributed by atoms with van der Waals surface area (Å²) in [4.78, 5) is 23.8. The molecule has 4 aromatic rings. The highest BCUT2D eigenvalue weighted by molar-refractivity contribution is 6.35. The van der Waals surface area contributed by atoms with Gasteiger partial charge in [-0.1, -0.05) is 23.7 Å². The maximum absolute atomic E-state index is 11.2. The number of hydrogen-bond acceptors (Lipinski definition) is 5. The first kappa shape index (κ1) is 19.8. The first-order valence-electron chi connectivity index (χ1n) is 10.5. The number of fused-ring (bicyclic) bond motifs is 2. The number of nitrogens with one attached hydrogen (secondary N) is 2. The number of H-pyrrole nitrogens is 1. The summed E-state index contributed by atoms with van der Waals surface area (Å²) in [7, 11) is 0. The molecule has 0 unspecified atom stereocenters. The number of amides is 1. The van der Waals surface area contributed by atoms with Crippen LogP contribution in [0, 0.1) is 5.92 Å². The number of aromatic amines is 1. The summed E-state index contributed by atoms with van der Waals surface area (Å²) in [6, 6.07) is 7.83. The molecule has 4 N–H and O–H groups in total. The molecule has 3 aromatic heterocycles. The topological polar surface area (TPSA) is 114 Å². The van der Waals surface area contributed by atoms with Gasteiger partial charge in [-0.3, -0.25) is 4.79 Å². The predicted octanol–water partition coefficient (Wildman–Crippen LogP) is 3.92. The summed E-state index contributed by atoms with van der Waals surface area (Å²) in [5.74, 6) is 2.10. The van der Waals surface area contributed by atoms with Crippen molar-refractivity contribution < 1.29 is 4.79 Å². The van der Waals surface area contributed by atoms with Gasteiger partial charge in [0.2, 0.25) is 5.91 Å². The average molecular weight is 438 g/mol. The van der Waals surface area contributed by atoms with Crippen LogP contribution in [0.4, 0.5) is 5.82 Å². The minimum Gasteiger partial charge on any atom is -0.382 e. The van der Waals surface area contributed by atoms with Crippen molar-refractivity contribution in [3.63, 3.8) is 0 Å². The number of carbonyl (C=O) groups is 1. The van der Waals surface area contributed by atoms with E-state index >= 15 is 0 Å². The van der Waals surface area contributed by atoms with Gasteiger partial charge in [0.05, 0.1) is 16.2 Å². The molecular weight excluding hydrogens is 414 g/mol. The number of benzene rings is 1. The van der Waals surface area contributed by atoms with Crippen molar-refractivity contribution in [2.75, 3.05) is 12.3 Å². The highest BCUT2D eigenvalue weighted by Gasteiger charge is 2.28. The Morgan fingerprint density at radius 1 is 1.32 bits per heavy atom. The maximum atomic E-state index is 11.2. The van der Waals surface area contributed by atoms with Gasteiger partial charge in [-0.25, -0.2) is 14.5 Å². The lowest BCUT2D eigenvalue weighted by atomic mass is 9.81. The first-order valence-corrected chi connectivity index (χ1v) is 10.9. The van der Waals surface area contributed by atoms with Gasteiger partial charge in [0.25, 0.3) is 0 Å². The highest BCUT2D eigenvalue weighted by atomic mass is 35.5. The van der Waals surface area contributed by atoms with Gasteiger partial charge in [-0.2, -0.15) is 5.10 Å². The van der Waals surface area contributed by atoms with Crippen molar-refractivity contribution in [3.8, 4) is 11.4 Å². The number of rotatable bonds is 4. The molecule has 9 heteroatoms. The molecule has 5 rings (SSSR count). The van der Waals surface area contributed by atoms with Crippen molar-refractivity contribution in [1.82, 2.24) is 29.9 Å². The smallest absolute Gasteiger partial charge is 0.216 e. The van der Waals surface area contributed by atoms with Crippen molar-refractivity contribution in [2.24, 2.45) is 5.92 Å². The second-order valence-electron chi connectivity index (χ2n) is 8.27. The molecule has 1 fully saturated rings. The van der Waals surface area contributed by atoms with Gasteiger partial charge < -0.3 is 16.0 Å². The quantitative estimate of drug-likeness (QED) is 0.447. The van der Waals surface area contributed by atoms with Crippen LogP contribution in [0.3, 0.4) is 0 Å². The Kier molecular flexibility index (Phi) is 5.02. The fourth-order valence-electron chi connectivity index (χ4n) is 4.59. The molecule has 1 saturated carbocycles. The van der Waals surface area contributed by atoms with Crippen molar-refractivity contribution in [2.45, 2.75) is 38.5 Å². The number of nitrogen functional groups attached to an aromatic ring is 1. The maximum Gasteiger partial charge on any atom is 0.216 e. The second-order valence-corrected chi connectivity index (χ2v) is 8.67. The number of hydrogen-bond donors (Lipinski definition) is 3. The predicted molar refractivity (Wildman–Crippen MR) is 121 cm³/mol. The molecule has 31 heavy (non-hydrogen) atoms. The molecule has 0 spiro atoms. The SMILES string of the molecule is CC(=O)NCC1CCC(c2nc(-c3cc4cccc(Cl)c4[nH]3)c3c(N)ncnn23)CC1. The van der Waals surface area contributed by atoms with E-state index in [1.54, 1.807) is 6.92 Å². The van der Waals surface area contributed by atoms with Crippen LogP contribution in [0.15, 0.2) is 30.6 Å². The molecule has 1 aliphatic carbocycles. The highest BCUT2D eigenvalue weighted by Crippen LogP contribution is 2.38. The fourth-order valence-corrected chi connectivity index (χ4v) is 4.82. The van der Waals surface area contributed by atoms with Crippen molar-refractivity contribution in [1.29, 1.82) is 0 Å². The Bertz CT molecular complexity index is 1270. The molecule has 8 nitrogen and oxygen atoms in total. The van der Waals surface area contributed by atoms with Gasteiger partial charge in [0.1, 0.15) is 23.4 Å². The number of halogens is 1. The molecule has 3 heterocycles. The summed E-state index contributed by atoms with van der Waals surface area (Å²) in [6.45, 7) is 2.30. The molecule has 0 atom stereocenters. The van der Waals surface area contributed by atoms with Crippen LogP contribution in [0.1, 0.15) is 44.3 Å². The largest absolute Gasteiger partial charge is 0.382 e. The molecule has 0 aliphatic heterocycles. The van der Waals surface area contributed by atoms with Crippen LogP contribution in [-0.2, 0) is 4.79 Å². The Balaban J connectivity index is 1.51. The number of aromatic nitrogens is 5. The van der Waals surface area contributed by atoms with E-state index < -0.39 is 0 Å². The molecule has 1 amide bonds. The number of para-hydroxylation sites is 1. The third-order valence-electron chi connectivity index (χ3n) is 6.20. The van der Waals surface area contributed by atoms with E-state index in [0.29, 0.717) is 22.3 Å². The van der Waals surface area contributed by atoms with Gasteiger partial charge in [0.15, 0.2) is 5.82 Å². The Morgan fingerprint density at radius 2 is 2.13 bits per heavy atom. The first-order chi connectivity index (χ1) is 15.0. The van der Waals surface area contributed by atoms with Crippen LogP contribution < -0.4 is 11.1 Å². The van der Waals surface area contributed by atoms with Crippen LogP contribution in [0.2, 0.25) is 5.02 Å². The number of carbonyl (C=O) groups excluding carboxylic acids is 1. The Hall–Kier alpha value is -3.13. The standard InChI is InChI=1S/C22H24ClN7O/c1-12(31)25-10-13-5-7-14(8-6-13)22-29-19(20-21(24)26-11-27-30(20)22)17-9-15-3-2-4-16(23)18(15)28-17/h2-4,9,11,13-14,28H,5-8,10H2,1H3,(H,25,31)(H2,24,26,27). The van der Waals surface area contributed by atoms with E-state index in [4.69, 9.17) is 22.3 Å². The number of nitrogens with two attached hydrogens (primary N) is 1. The monoisotopic (exact) mass is 437 g/mol. The molecule has 1 aromatic carbocycles. The van der Waals surface area contributed by atoms with E-state index in [2.05, 4.69) is 20.4 Å². The average Bonchev–Trinajstić information content (AvgIpc) is 3.36. The second kappa shape index (κ2) is 7.85. The third-order valence-corrected chi connectivity index (χ3v) is 6.51. The Labute approximate surface area is 184 Å². The van der Waals surface area contributed by atoms with E-state index in [0.717, 1.165) is 60.3 Å². The molecule has 0 bridgehead atoms. The van der Waals surface area contributed by atoms with E-state index in [9.17, 15) is 4.79 Å². The lowest BCUT2D eigenvalue weighted by molar-refractivity contribution is -0.119. The van der Waals surface area contributed by atoms with E-state index in [-0.39, 0.29) is 11.8 Å². The molecule has 0 radical (unpaired) electrons.